The number of carbonyl (C=O) groups is 1. The molecule has 1 fully saturated rings. The highest BCUT2D eigenvalue weighted by molar-refractivity contribution is 5.98. The molecular formula is C12H16ClFN2O. The standard InChI is InChI=1S/C12H15FN2O.ClH/c1-8-5-9(13)7-10(6-8)15-11(16)12(14)3-2-4-12;/h5-7H,2-4,14H2,1H3,(H,15,16);1H. The van der Waals surface area contributed by atoms with E-state index in [1.54, 1.807) is 13.0 Å². The van der Waals surface area contributed by atoms with Crippen molar-refractivity contribution in [3.63, 3.8) is 0 Å². The monoisotopic (exact) mass is 258 g/mol. The Bertz CT molecular complexity index is 412. The molecule has 0 unspecified atom stereocenters. The van der Waals surface area contributed by atoms with E-state index in [9.17, 15) is 9.18 Å². The first-order chi connectivity index (χ1) is 7.49. The van der Waals surface area contributed by atoms with Crippen molar-refractivity contribution < 1.29 is 9.18 Å². The molecule has 0 heterocycles. The molecule has 1 aliphatic carbocycles. The summed E-state index contributed by atoms with van der Waals surface area (Å²) < 4.78 is 13.1. The van der Waals surface area contributed by atoms with E-state index in [1.807, 2.05) is 0 Å². The van der Waals surface area contributed by atoms with Crippen LogP contribution in [0.1, 0.15) is 24.8 Å². The summed E-state index contributed by atoms with van der Waals surface area (Å²) in [6.45, 7) is 1.78. The van der Waals surface area contributed by atoms with Crippen LogP contribution in [0.25, 0.3) is 0 Å². The number of rotatable bonds is 2. The number of amides is 1. The van der Waals surface area contributed by atoms with Crippen LogP contribution in [0.15, 0.2) is 18.2 Å². The van der Waals surface area contributed by atoms with Crippen molar-refractivity contribution in [1.29, 1.82) is 0 Å². The van der Waals surface area contributed by atoms with Crippen molar-refractivity contribution in [3.8, 4) is 0 Å². The molecule has 1 saturated carbocycles. The number of aryl methyl sites for hydroxylation is 1. The van der Waals surface area contributed by atoms with Crippen LogP contribution in [0.4, 0.5) is 10.1 Å². The molecular weight excluding hydrogens is 243 g/mol. The Kier molecular flexibility index (Phi) is 4.11. The maximum absolute atomic E-state index is 13.1. The molecule has 1 aromatic rings. The number of nitrogens with one attached hydrogen (secondary N) is 1. The molecule has 3 nitrogen and oxygen atoms in total. The number of benzene rings is 1. The maximum atomic E-state index is 13.1. The van der Waals surface area contributed by atoms with E-state index in [1.165, 1.54) is 12.1 Å². The van der Waals surface area contributed by atoms with Crippen LogP contribution in [-0.4, -0.2) is 11.4 Å². The number of nitrogens with two attached hydrogens (primary N) is 1. The average Bonchev–Trinajstić information content (AvgIpc) is 2.12. The van der Waals surface area contributed by atoms with Gasteiger partial charge in [-0.1, -0.05) is 0 Å². The van der Waals surface area contributed by atoms with Gasteiger partial charge in [0.25, 0.3) is 0 Å². The fraction of sp³-hybridized carbons (Fsp3) is 0.417. The van der Waals surface area contributed by atoms with E-state index in [0.717, 1.165) is 12.0 Å². The third-order valence-corrected chi connectivity index (χ3v) is 3.00. The minimum absolute atomic E-state index is 0. The van der Waals surface area contributed by atoms with Gasteiger partial charge in [0.1, 0.15) is 5.82 Å². The topological polar surface area (TPSA) is 55.1 Å². The molecule has 1 aromatic carbocycles. The Morgan fingerprint density at radius 2 is 2.06 bits per heavy atom. The Hall–Kier alpha value is -1.13. The van der Waals surface area contributed by atoms with Gasteiger partial charge in [-0.3, -0.25) is 4.79 Å². The summed E-state index contributed by atoms with van der Waals surface area (Å²) in [5.74, 6) is -0.571. The zero-order valence-corrected chi connectivity index (χ0v) is 10.4. The largest absolute Gasteiger partial charge is 0.324 e. The van der Waals surface area contributed by atoms with E-state index >= 15 is 0 Å². The van der Waals surface area contributed by atoms with Crippen molar-refractivity contribution in [2.45, 2.75) is 31.7 Å². The highest BCUT2D eigenvalue weighted by Gasteiger charge is 2.40. The quantitative estimate of drug-likeness (QED) is 0.856. The molecule has 1 aliphatic rings. The summed E-state index contributed by atoms with van der Waals surface area (Å²) in [6.07, 6.45) is 2.38. The molecule has 3 N–H and O–H groups in total. The van der Waals surface area contributed by atoms with E-state index in [2.05, 4.69) is 5.32 Å². The van der Waals surface area contributed by atoms with Gasteiger partial charge in [-0.25, -0.2) is 4.39 Å². The van der Waals surface area contributed by atoms with Crippen LogP contribution in [-0.2, 0) is 4.79 Å². The molecule has 0 atom stereocenters. The minimum atomic E-state index is -0.750. The van der Waals surface area contributed by atoms with E-state index in [0.29, 0.717) is 18.5 Å². The summed E-state index contributed by atoms with van der Waals surface area (Å²) in [5, 5.41) is 2.66. The number of hydrogen-bond acceptors (Lipinski definition) is 2. The molecule has 94 valence electrons. The highest BCUT2D eigenvalue weighted by atomic mass is 35.5. The van der Waals surface area contributed by atoms with Crippen LogP contribution in [0, 0.1) is 12.7 Å². The van der Waals surface area contributed by atoms with E-state index < -0.39 is 5.54 Å². The summed E-state index contributed by atoms with van der Waals surface area (Å²) in [4.78, 5) is 11.8. The van der Waals surface area contributed by atoms with Crippen molar-refractivity contribution in [2.24, 2.45) is 5.73 Å². The highest BCUT2D eigenvalue weighted by Crippen LogP contribution is 2.30. The lowest BCUT2D eigenvalue weighted by Crippen LogP contribution is -2.56. The van der Waals surface area contributed by atoms with Gasteiger partial charge >= 0.3 is 0 Å². The van der Waals surface area contributed by atoms with E-state index in [4.69, 9.17) is 5.73 Å². The third kappa shape index (κ3) is 2.96. The Balaban J connectivity index is 0.00000144. The fourth-order valence-electron chi connectivity index (χ4n) is 1.85. The van der Waals surface area contributed by atoms with Crippen molar-refractivity contribution in [3.05, 3.63) is 29.6 Å². The third-order valence-electron chi connectivity index (χ3n) is 3.00. The number of carbonyl (C=O) groups excluding carboxylic acids is 1. The second-order valence-electron chi connectivity index (χ2n) is 4.48. The average molecular weight is 259 g/mol. The Morgan fingerprint density at radius 3 is 2.53 bits per heavy atom. The molecule has 2 rings (SSSR count). The first-order valence-electron chi connectivity index (χ1n) is 5.37. The molecule has 0 aliphatic heterocycles. The normalized spacial score (nSPS) is 16.6. The smallest absolute Gasteiger partial charge is 0.244 e. The van der Waals surface area contributed by atoms with Crippen LogP contribution in [0.3, 0.4) is 0 Å². The zero-order valence-electron chi connectivity index (χ0n) is 9.63. The first-order valence-corrected chi connectivity index (χ1v) is 5.37. The summed E-state index contributed by atoms with van der Waals surface area (Å²) in [6, 6.07) is 4.44. The summed E-state index contributed by atoms with van der Waals surface area (Å²) in [5.41, 5.74) is 6.36. The molecule has 0 aromatic heterocycles. The van der Waals surface area contributed by atoms with Gasteiger partial charge in [0.05, 0.1) is 5.54 Å². The molecule has 1 amide bonds. The second kappa shape index (κ2) is 5.02. The van der Waals surface area contributed by atoms with Gasteiger partial charge < -0.3 is 11.1 Å². The van der Waals surface area contributed by atoms with Crippen LogP contribution in [0.5, 0.6) is 0 Å². The lowest BCUT2D eigenvalue weighted by atomic mass is 9.77. The molecule has 0 radical (unpaired) electrons. The lowest BCUT2D eigenvalue weighted by Gasteiger charge is -2.36. The Labute approximate surface area is 106 Å². The lowest BCUT2D eigenvalue weighted by molar-refractivity contribution is -0.123. The molecule has 5 heteroatoms. The number of anilines is 1. The zero-order chi connectivity index (χ0) is 11.8. The minimum Gasteiger partial charge on any atom is -0.324 e. The summed E-state index contributed by atoms with van der Waals surface area (Å²) >= 11 is 0. The number of halogens is 2. The molecule has 17 heavy (non-hydrogen) atoms. The van der Waals surface area contributed by atoms with Gasteiger partial charge in [0.15, 0.2) is 0 Å². The molecule has 0 saturated heterocycles. The molecule has 0 spiro atoms. The number of hydrogen-bond donors (Lipinski definition) is 2. The van der Waals surface area contributed by atoms with Gasteiger partial charge in [-0.05, 0) is 49.9 Å². The van der Waals surface area contributed by atoms with Crippen LogP contribution < -0.4 is 11.1 Å². The van der Waals surface area contributed by atoms with Crippen molar-refractivity contribution >= 4 is 24.0 Å². The van der Waals surface area contributed by atoms with Crippen LogP contribution in [0.2, 0.25) is 0 Å². The first kappa shape index (κ1) is 13.9. The Morgan fingerprint density at radius 1 is 1.41 bits per heavy atom. The van der Waals surface area contributed by atoms with Gasteiger partial charge in [-0.15, -0.1) is 12.4 Å². The predicted octanol–water partition coefficient (Wildman–Crippen LogP) is 2.38. The van der Waals surface area contributed by atoms with Gasteiger partial charge in [0, 0.05) is 5.69 Å². The SMILES string of the molecule is Cc1cc(F)cc(NC(=O)C2(N)CCC2)c1.Cl. The van der Waals surface area contributed by atoms with Gasteiger partial charge in [0.2, 0.25) is 5.91 Å². The van der Waals surface area contributed by atoms with Crippen molar-refractivity contribution in [2.75, 3.05) is 5.32 Å². The van der Waals surface area contributed by atoms with Crippen molar-refractivity contribution in [1.82, 2.24) is 0 Å². The fourth-order valence-corrected chi connectivity index (χ4v) is 1.85. The maximum Gasteiger partial charge on any atom is 0.244 e. The van der Waals surface area contributed by atoms with Crippen LogP contribution >= 0.6 is 12.4 Å². The predicted molar refractivity (Wildman–Crippen MR) is 67.8 cm³/mol. The second-order valence-corrected chi connectivity index (χ2v) is 4.48. The van der Waals surface area contributed by atoms with E-state index in [-0.39, 0.29) is 24.1 Å². The summed E-state index contributed by atoms with van der Waals surface area (Å²) in [7, 11) is 0. The van der Waals surface area contributed by atoms with Gasteiger partial charge in [-0.2, -0.15) is 0 Å². The molecule has 0 bridgehead atoms.